The van der Waals surface area contributed by atoms with E-state index in [4.69, 9.17) is 15.5 Å². The molecule has 1 amide bonds. The van der Waals surface area contributed by atoms with Gasteiger partial charge < -0.3 is 20.7 Å². The van der Waals surface area contributed by atoms with Crippen molar-refractivity contribution in [1.29, 1.82) is 0 Å². The zero-order valence-corrected chi connectivity index (χ0v) is 19.3. The molecule has 2 aromatic carbocycles. The fraction of sp³-hybridized carbons (Fsp3) is 0.429. The van der Waals surface area contributed by atoms with Crippen LogP contribution in [0.5, 0.6) is 11.5 Å². The Balaban J connectivity index is 1.44. The van der Waals surface area contributed by atoms with E-state index < -0.39 is 23.0 Å². The molecular weight excluding hydrogens is 442 g/mol. The highest BCUT2D eigenvalue weighted by molar-refractivity contribution is 6.07. The van der Waals surface area contributed by atoms with Crippen LogP contribution in [0.15, 0.2) is 36.4 Å². The summed E-state index contributed by atoms with van der Waals surface area (Å²) < 4.78 is 6.57. The number of ether oxygens (including phenoxy) is 1. The lowest BCUT2D eigenvalue weighted by molar-refractivity contribution is -0.173. The van der Waals surface area contributed by atoms with Crippen LogP contribution in [0.3, 0.4) is 0 Å². The quantitative estimate of drug-likeness (QED) is 0.544. The van der Waals surface area contributed by atoms with Gasteiger partial charge in [0.15, 0.2) is 17.6 Å². The molecule has 178 valence electrons. The molecule has 8 rings (SSSR count). The second-order valence-corrected chi connectivity index (χ2v) is 11.2. The van der Waals surface area contributed by atoms with Gasteiger partial charge in [0, 0.05) is 30.0 Å². The van der Waals surface area contributed by atoms with Gasteiger partial charge in [-0.3, -0.25) is 9.69 Å². The van der Waals surface area contributed by atoms with E-state index in [1.165, 1.54) is 12.8 Å². The lowest BCUT2D eigenvalue weighted by Gasteiger charge is -2.63. The van der Waals surface area contributed by atoms with Gasteiger partial charge in [-0.05, 0) is 61.4 Å². The molecule has 7 heteroatoms. The summed E-state index contributed by atoms with van der Waals surface area (Å²) in [5.41, 5.74) is 8.61. The Morgan fingerprint density at radius 1 is 1.23 bits per heavy atom. The van der Waals surface area contributed by atoms with Crippen molar-refractivity contribution in [3.05, 3.63) is 64.3 Å². The molecular formula is C28H27N3O4. The van der Waals surface area contributed by atoms with Gasteiger partial charge in [0.05, 0.1) is 27.8 Å². The third kappa shape index (κ3) is 2.29. The Morgan fingerprint density at radius 3 is 2.86 bits per heavy atom. The van der Waals surface area contributed by atoms with E-state index >= 15 is 0 Å². The molecule has 1 spiro atoms. The van der Waals surface area contributed by atoms with Crippen LogP contribution >= 0.6 is 0 Å². The number of amides is 1. The SMILES string of the molecule is NC(=O)c1c2c(nc3ccccc13)[C@@H]1Oc3c(O)ccc4c3[C@@]13CCN(CC1CC1)[C@@H](C4)[C@]3(O)C2. The van der Waals surface area contributed by atoms with E-state index in [9.17, 15) is 15.0 Å². The van der Waals surface area contributed by atoms with Gasteiger partial charge in [0.1, 0.15) is 0 Å². The van der Waals surface area contributed by atoms with Gasteiger partial charge in [0.25, 0.3) is 0 Å². The summed E-state index contributed by atoms with van der Waals surface area (Å²) in [5.74, 6) is 0.728. The topological polar surface area (TPSA) is 109 Å². The van der Waals surface area contributed by atoms with E-state index in [-0.39, 0.29) is 11.8 Å². The van der Waals surface area contributed by atoms with E-state index in [2.05, 4.69) is 4.90 Å². The van der Waals surface area contributed by atoms with Crippen LogP contribution in [0.2, 0.25) is 0 Å². The first kappa shape index (κ1) is 20.1. The van der Waals surface area contributed by atoms with Gasteiger partial charge in [-0.1, -0.05) is 24.3 Å². The third-order valence-electron chi connectivity index (χ3n) is 9.48. The predicted octanol–water partition coefficient (Wildman–Crippen LogP) is 2.74. The summed E-state index contributed by atoms with van der Waals surface area (Å²) in [6, 6.07) is 11.1. The molecule has 4 N–H and O–H groups in total. The summed E-state index contributed by atoms with van der Waals surface area (Å²) >= 11 is 0. The van der Waals surface area contributed by atoms with Crippen LogP contribution in [0.25, 0.3) is 10.9 Å². The molecule has 0 unspecified atom stereocenters. The third-order valence-corrected chi connectivity index (χ3v) is 9.48. The second-order valence-electron chi connectivity index (χ2n) is 11.2. The molecule has 3 aromatic rings. The molecule has 2 bridgehead atoms. The largest absolute Gasteiger partial charge is 0.504 e. The number of benzene rings is 2. The van der Waals surface area contributed by atoms with Gasteiger partial charge in [-0.2, -0.15) is 0 Å². The Hall–Kier alpha value is -3.16. The summed E-state index contributed by atoms with van der Waals surface area (Å²) in [6.45, 7) is 1.85. The standard InChI is InChI=1S/C28H27N3O4/c29-26(33)21-16-3-1-2-4-18(16)30-23-17(21)12-28(34)20-11-15-7-8-19(32)24-22(15)27(28,25(23)35-24)9-10-31(20)13-14-5-6-14/h1-4,7-8,14,20,25,32,34H,5-6,9-13H2,(H2,29,33)/t20-,25-,27-,28+/m0/s1. The van der Waals surface area contributed by atoms with Crippen LogP contribution in [0.1, 0.15) is 58.1 Å². The molecule has 3 aliphatic carbocycles. The van der Waals surface area contributed by atoms with Crippen LogP contribution in [0.4, 0.5) is 0 Å². The Bertz CT molecular complexity index is 1470. The summed E-state index contributed by atoms with van der Waals surface area (Å²) in [7, 11) is 0. The summed E-state index contributed by atoms with van der Waals surface area (Å²) in [5, 5.41) is 24.4. The number of nitrogens with zero attached hydrogens (tertiary/aromatic N) is 2. The van der Waals surface area contributed by atoms with Crippen molar-refractivity contribution in [2.75, 3.05) is 13.1 Å². The number of primary amides is 1. The molecule has 1 saturated heterocycles. The Kier molecular flexibility index (Phi) is 3.63. The first-order chi connectivity index (χ1) is 16.9. The fourth-order valence-electron chi connectivity index (χ4n) is 7.87. The smallest absolute Gasteiger partial charge is 0.249 e. The summed E-state index contributed by atoms with van der Waals surface area (Å²) in [6.07, 6.45) is 3.59. The Labute approximate surface area is 202 Å². The number of phenolic OH excluding ortho intramolecular Hbond substituents is 1. The maximum atomic E-state index is 12.8. The molecule has 1 aromatic heterocycles. The number of nitrogens with two attached hydrogens (primary N) is 1. The molecule has 7 nitrogen and oxygen atoms in total. The average Bonchev–Trinajstić information content (AvgIpc) is 3.57. The minimum absolute atomic E-state index is 0.0891. The number of carbonyl (C=O) groups is 1. The zero-order valence-electron chi connectivity index (χ0n) is 19.3. The van der Waals surface area contributed by atoms with Crippen molar-refractivity contribution in [3.63, 3.8) is 0 Å². The number of aliphatic hydroxyl groups is 1. The highest BCUT2D eigenvalue weighted by Crippen LogP contribution is 2.68. The van der Waals surface area contributed by atoms with Gasteiger partial charge >= 0.3 is 0 Å². The molecule has 3 heterocycles. The van der Waals surface area contributed by atoms with Crippen LogP contribution in [0, 0.1) is 5.92 Å². The maximum absolute atomic E-state index is 12.8. The highest BCUT2D eigenvalue weighted by Gasteiger charge is 2.73. The molecule has 35 heavy (non-hydrogen) atoms. The molecule has 5 aliphatic rings. The monoisotopic (exact) mass is 469 g/mol. The minimum atomic E-state index is -1.17. The molecule has 2 aliphatic heterocycles. The number of rotatable bonds is 3. The van der Waals surface area contributed by atoms with E-state index in [1.54, 1.807) is 6.07 Å². The number of piperidine rings is 1. The first-order valence-corrected chi connectivity index (χ1v) is 12.6. The number of fused-ring (bicyclic) bond motifs is 3. The maximum Gasteiger partial charge on any atom is 0.249 e. The van der Waals surface area contributed by atoms with Crippen molar-refractivity contribution in [1.82, 2.24) is 9.88 Å². The van der Waals surface area contributed by atoms with Crippen molar-refractivity contribution >= 4 is 16.8 Å². The van der Waals surface area contributed by atoms with Crippen molar-refractivity contribution in [2.45, 2.75) is 55.3 Å². The predicted molar refractivity (Wildman–Crippen MR) is 128 cm³/mol. The van der Waals surface area contributed by atoms with Crippen LogP contribution < -0.4 is 10.5 Å². The number of carbonyl (C=O) groups excluding carboxylic acids is 1. The first-order valence-electron chi connectivity index (χ1n) is 12.6. The van der Waals surface area contributed by atoms with Crippen molar-refractivity contribution < 1.29 is 19.7 Å². The van der Waals surface area contributed by atoms with Crippen molar-refractivity contribution in [2.24, 2.45) is 11.7 Å². The second kappa shape index (κ2) is 6.33. The van der Waals surface area contributed by atoms with E-state index in [0.717, 1.165) is 24.2 Å². The highest BCUT2D eigenvalue weighted by atomic mass is 16.5. The fourth-order valence-corrected chi connectivity index (χ4v) is 7.87. The van der Waals surface area contributed by atoms with Gasteiger partial charge in [-0.15, -0.1) is 0 Å². The lowest BCUT2D eigenvalue weighted by Crippen LogP contribution is -2.74. The molecule has 2 fully saturated rings. The molecule has 4 atom stereocenters. The van der Waals surface area contributed by atoms with E-state index in [1.807, 2.05) is 30.3 Å². The number of phenols is 1. The number of para-hydroxylation sites is 1. The number of hydrogen-bond acceptors (Lipinski definition) is 6. The van der Waals surface area contributed by atoms with Gasteiger partial charge in [-0.25, -0.2) is 4.98 Å². The average molecular weight is 470 g/mol. The minimum Gasteiger partial charge on any atom is -0.504 e. The number of pyridine rings is 1. The van der Waals surface area contributed by atoms with Crippen LogP contribution in [-0.2, 0) is 18.3 Å². The van der Waals surface area contributed by atoms with E-state index in [0.29, 0.717) is 58.7 Å². The normalized spacial score (nSPS) is 32.1. The number of aromatic nitrogens is 1. The van der Waals surface area contributed by atoms with Crippen molar-refractivity contribution in [3.8, 4) is 11.5 Å². The number of aromatic hydroxyl groups is 1. The Morgan fingerprint density at radius 2 is 2.06 bits per heavy atom. The lowest BCUT2D eigenvalue weighted by atomic mass is 9.48. The number of hydrogen-bond donors (Lipinski definition) is 3. The summed E-state index contributed by atoms with van der Waals surface area (Å²) in [4.78, 5) is 20.3. The van der Waals surface area contributed by atoms with Crippen LogP contribution in [-0.4, -0.2) is 50.7 Å². The molecule has 1 saturated carbocycles. The van der Waals surface area contributed by atoms with Gasteiger partial charge in [0.2, 0.25) is 5.91 Å². The zero-order chi connectivity index (χ0) is 23.7. The molecule has 0 radical (unpaired) electrons. The number of likely N-dealkylation sites (tertiary alicyclic amines) is 1.